The second-order valence-corrected chi connectivity index (χ2v) is 5.86. The molecule has 1 N–H and O–H groups in total. The zero-order valence-corrected chi connectivity index (χ0v) is 14.5. The highest BCUT2D eigenvalue weighted by Crippen LogP contribution is 2.14. The summed E-state index contributed by atoms with van der Waals surface area (Å²) in [6.07, 6.45) is 3.97. The van der Waals surface area contributed by atoms with Crippen LogP contribution in [0, 0.1) is 5.82 Å². The molecule has 0 saturated heterocycles. The maximum Gasteiger partial charge on any atom is 0.350 e. The van der Waals surface area contributed by atoms with Crippen molar-refractivity contribution in [2.45, 2.75) is 19.9 Å². The van der Waals surface area contributed by atoms with E-state index >= 15 is 0 Å². The first-order valence-corrected chi connectivity index (χ1v) is 8.20. The number of amides is 1. The van der Waals surface area contributed by atoms with Gasteiger partial charge in [-0.15, -0.1) is 5.10 Å². The molecule has 3 rings (SSSR count). The Balaban J connectivity index is 1.85. The van der Waals surface area contributed by atoms with Crippen LogP contribution >= 0.6 is 0 Å². The molecule has 9 heteroatoms. The fourth-order valence-electron chi connectivity index (χ4n) is 2.62. The average molecular weight is 358 g/mol. The zero-order valence-electron chi connectivity index (χ0n) is 14.5. The summed E-state index contributed by atoms with van der Waals surface area (Å²) in [5, 5.41) is 6.86. The molecule has 3 aromatic rings. The Hall–Kier alpha value is -3.23. The molecular formula is C17H19FN6O2. The Morgan fingerprint density at radius 3 is 2.73 bits per heavy atom. The van der Waals surface area contributed by atoms with Crippen LogP contribution in [-0.2, 0) is 11.3 Å². The Labute approximate surface area is 148 Å². The van der Waals surface area contributed by atoms with Crippen molar-refractivity contribution < 1.29 is 9.18 Å². The lowest BCUT2D eigenvalue weighted by molar-refractivity contribution is -0.117. The lowest BCUT2D eigenvalue weighted by atomic mass is 10.3. The smallest absolute Gasteiger partial charge is 0.350 e. The van der Waals surface area contributed by atoms with E-state index in [0.29, 0.717) is 17.2 Å². The minimum Gasteiger partial charge on any atom is -0.357 e. The Bertz CT molecular complexity index is 979. The average Bonchev–Trinajstić information content (AvgIpc) is 2.93. The molecule has 0 spiro atoms. The van der Waals surface area contributed by atoms with Crippen molar-refractivity contribution in [3.05, 3.63) is 53.0 Å². The van der Waals surface area contributed by atoms with Crippen molar-refractivity contribution in [1.29, 1.82) is 0 Å². The van der Waals surface area contributed by atoms with Gasteiger partial charge >= 0.3 is 5.69 Å². The van der Waals surface area contributed by atoms with E-state index in [2.05, 4.69) is 15.4 Å². The van der Waals surface area contributed by atoms with E-state index < -0.39 is 17.4 Å². The topological polar surface area (TPSA) is 84.5 Å². The summed E-state index contributed by atoms with van der Waals surface area (Å²) in [6.45, 7) is 2.55. The molecule has 0 aliphatic carbocycles. The third-order valence-electron chi connectivity index (χ3n) is 3.83. The van der Waals surface area contributed by atoms with Crippen LogP contribution in [0.1, 0.15) is 13.3 Å². The van der Waals surface area contributed by atoms with Crippen molar-refractivity contribution in [2.75, 3.05) is 23.8 Å². The summed E-state index contributed by atoms with van der Waals surface area (Å²) < 4.78 is 15.4. The summed E-state index contributed by atoms with van der Waals surface area (Å²) in [5.41, 5.74) is 0.407. The quantitative estimate of drug-likeness (QED) is 0.722. The van der Waals surface area contributed by atoms with Gasteiger partial charge in [-0.2, -0.15) is 0 Å². The number of halogens is 1. The van der Waals surface area contributed by atoms with Gasteiger partial charge in [-0.3, -0.25) is 4.79 Å². The molecule has 2 heterocycles. The molecule has 26 heavy (non-hydrogen) atoms. The first-order chi connectivity index (χ1) is 12.5. The molecule has 0 atom stereocenters. The van der Waals surface area contributed by atoms with Crippen molar-refractivity contribution in [3.63, 3.8) is 0 Å². The normalized spacial score (nSPS) is 10.9. The van der Waals surface area contributed by atoms with E-state index in [1.54, 1.807) is 0 Å². The monoisotopic (exact) mass is 358 g/mol. The van der Waals surface area contributed by atoms with Crippen LogP contribution in [0.3, 0.4) is 0 Å². The minimum absolute atomic E-state index is 0.255. The number of fused-ring (bicyclic) bond motifs is 1. The Morgan fingerprint density at radius 2 is 2.04 bits per heavy atom. The van der Waals surface area contributed by atoms with E-state index in [-0.39, 0.29) is 6.54 Å². The first-order valence-electron chi connectivity index (χ1n) is 8.20. The molecule has 0 aliphatic heterocycles. The lowest BCUT2D eigenvalue weighted by Crippen LogP contribution is -2.28. The van der Waals surface area contributed by atoms with Gasteiger partial charge in [0.05, 0.1) is 0 Å². The second-order valence-electron chi connectivity index (χ2n) is 5.86. The Kier molecular flexibility index (Phi) is 4.97. The third-order valence-corrected chi connectivity index (χ3v) is 3.83. The summed E-state index contributed by atoms with van der Waals surface area (Å²) in [5.74, 6) is -0.251. The molecule has 1 amide bonds. The van der Waals surface area contributed by atoms with Gasteiger partial charge in [-0.05, 0) is 30.7 Å². The number of benzene rings is 1. The van der Waals surface area contributed by atoms with Gasteiger partial charge < -0.3 is 10.2 Å². The maximum absolute atomic E-state index is 12.9. The first kappa shape index (κ1) is 17.6. The molecule has 0 aliphatic rings. The van der Waals surface area contributed by atoms with Crippen LogP contribution < -0.4 is 15.9 Å². The number of rotatable bonds is 6. The van der Waals surface area contributed by atoms with Crippen molar-refractivity contribution in [3.8, 4) is 0 Å². The number of hydrogen-bond donors (Lipinski definition) is 1. The number of aromatic nitrogens is 4. The van der Waals surface area contributed by atoms with Gasteiger partial charge in [0.1, 0.15) is 12.4 Å². The van der Waals surface area contributed by atoms with Gasteiger partial charge in [0.2, 0.25) is 11.6 Å². The van der Waals surface area contributed by atoms with Crippen LogP contribution in [0.5, 0.6) is 0 Å². The molecule has 0 unspecified atom stereocenters. The van der Waals surface area contributed by atoms with Crippen molar-refractivity contribution in [1.82, 2.24) is 19.2 Å². The molecule has 0 fully saturated rings. The number of anilines is 2. The number of nitrogens with zero attached hydrogens (tertiary/aromatic N) is 5. The van der Waals surface area contributed by atoms with Gasteiger partial charge in [0.15, 0.2) is 5.82 Å². The summed E-state index contributed by atoms with van der Waals surface area (Å²) >= 11 is 0. The summed E-state index contributed by atoms with van der Waals surface area (Å²) in [6, 6.07) is 5.38. The van der Waals surface area contributed by atoms with E-state index in [9.17, 15) is 14.0 Å². The molecule has 0 radical (unpaired) electrons. The highest BCUT2D eigenvalue weighted by Gasteiger charge is 2.16. The largest absolute Gasteiger partial charge is 0.357 e. The predicted octanol–water partition coefficient (Wildman–Crippen LogP) is 1.51. The standard InChI is InChI=1S/C17H19FN6O2/c1-3-9-22(2)15-16-21-24(17(26)23(16)10-8-19-15)11-14(25)20-13-6-4-12(18)5-7-13/h4-8,10H,3,9,11H2,1-2H3,(H,20,25). The number of nitrogens with one attached hydrogen (secondary N) is 1. The van der Waals surface area contributed by atoms with Crippen LogP contribution in [0.4, 0.5) is 15.9 Å². The SMILES string of the molecule is CCCN(C)c1nccn2c(=O)n(CC(=O)Nc3ccc(F)cc3)nc12. The summed E-state index contributed by atoms with van der Waals surface area (Å²) in [4.78, 5) is 30.9. The van der Waals surface area contributed by atoms with Crippen LogP contribution in [0.15, 0.2) is 41.5 Å². The number of carbonyl (C=O) groups excluding carboxylic acids is 1. The van der Waals surface area contributed by atoms with Crippen molar-refractivity contribution >= 4 is 23.1 Å². The molecule has 1 aromatic carbocycles. The van der Waals surface area contributed by atoms with Crippen molar-refractivity contribution in [2.24, 2.45) is 0 Å². The maximum atomic E-state index is 12.9. The van der Waals surface area contributed by atoms with E-state index in [0.717, 1.165) is 17.6 Å². The number of carbonyl (C=O) groups is 1. The molecular weight excluding hydrogens is 339 g/mol. The van der Waals surface area contributed by atoms with Gasteiger partial charge in [0, 0.05) is 31.7 Å². The van der Waals surface area contributed by atoms with Crippen LogP contribution in [0.2, 0.25) is 0 Å². The Morgan fingerprint density at radius 1 is 1.31 bits per heavy atom. The minimum atomic E-state index is -0.432. The van der Waals surface area contributed by atoms with Crippen LogP contribution in [0.25, 0.3) is 5.65 Å². The zero-order chi connectivity index (χ0) is 18.7. The summed E-state index contributed by atoms with van der Waals surface area (Å²) in [7, 11) is 1.87. The highest BCUT2D eigenvalue weighted by atomic mass is 19.1. The van der Waals surface area contributed by atoms with Gasteiger partial charge in [-0.1, -0.05) is 6.92 Å². The second kappa shape index (κ2) is 7.34. The third kappa shape index (κ3) is 3.56. The van der Waals surface area contributed by atoms with Crippen LogP contribution in [-0.4, -0.2) is 38.7 Å². The van der Waals surface area contributed by atoms with E-state index in [4.69, 9.17) is 0 Å². The molecule has 0 saturated carbocycles. The molecule has 0 bridgehead atoms. The highest BCUT2D eigenvalue weighted by molar-refractivity contribution is 5.90. The van der Waals surface area contributed by atoms with E-state index in [1.807, 2.05) is 18.9 Å². The fourth-order valence-corrected chi connectivity index (χ4v) is 2.62. The fraction of sp³-hybridized carbons (Fsp3) is 0.294. The van der Waals surface area contributed by atoms with Gasteiger partial charge in [0.25, 0.3) is 0 Å². The molecule has 136 valence electrons. The predicted molar refractivity (Wildman–Crippen MR) is 95.8 cm³/mol. The number of hydrogen-bond acceptors (Lipinski definition) is 5. The molecule has 2 aromatic heterocycles. The lowest BCUT2D eigenvalue weighted by Gasteiger charge is -2.16. The molecule has 8 nitrogen and oxygen atoms in total. The van der Waals surface area contributed by atoms with Gasteiger partial charge in [-0.25, -0.2) is 23.3 Å². The van der Waals surface area contributed by atoms with E-state index in [1.165, 1.54) is 41.1 Å².